The number of hydrogen-bond acceptors (Lipinski definition) is 2. The summed E-state index contributed by atoms with van der Waals surface area (Å²) >= 11 is 0. The number of hydrogen-bond donors (Lipinski definition) is 1. The summed E-state index contributed by atoms with van der Waals surface area (Å²) in [5, 5.41) is 0. The molecule has 2 N–H and O–H groups in total. The molecule has 19 heavy (non-hydrogen) atoms. The van der Waals surface area contributed by atoms with E-state index < -0.39 is 0 Å². The molecule has 2 fully saturated rings. The second kappa shape index (κ2) is 6.74. The zero-order valence-corrected chi connectivity index (χ0v) is 12.6. The molecule has 2 atom stereocenters. The molecule has 1 heterocycles. The smallest absolute Gasteiger partial charge is 0.239 e. The molecule has 0 spiro atoms. The number of nitrogens with zero attached hydrogens (tertiary/aromatic N) is 1. The Labute approximate surface area is 117 Å². The van der Waals surface area contributed by atoms with Gasteiger partial charge in [-0.1, -0.05) is 33.1 Å². The zero-order valence-electron chi connectivity index (χ0n) is 12.6. The summed E-state index contributed by atoms with van der Waals surface area (Å²) in [4.78, 5) is 14.7. The fourth-order valence-corrected chi connectivity index (χ4v) is 3.90. The van der Waals surface area contributed by atoms with E-state index in [0.29, 0.717) is 12.0 Å². The predicted molar refractivity (Wildman–Crippen MR) is 78.7 cm³/mol. The van der Waals surface area contributed by atoms with Gasteiger partial charge in [-0.25, -0.2) is 0 Å². The van der Waals surface area contributed by atoms with E-state index in [4.69, 9.17) is 5.73 Å². The largest absolute Gasteiger partial charge is 0.338 e. The lowest BCUT2D eigenvalue weighted by Gasteiger charge is -2.35. The van der Waals surface area contributed by atoms with Crippen molar-refractivity contribution >= 4 is 5.91 Å². The van der Waals surface area contributed by atoms with E-state index in [9.17, 15) is 4.79 Å². The van der Waals surface area contributed by atoms with Gasteiger partial charge in [-0.15, -0.1) is 0 Å². The summed E-state index contributed by atoms with van der Waals surface area (Å²) in [6, 6.07) is 0.204. The van der Waals surface area contributed by atoms with Crippen molar-refractivity contribution in [1.29, 1.82) is 0 Å². The van der Waals surface area contributed by atoms with Gasteiger partial charge in [-0.05, 0) is 43.9 Å². The molecular weight excluding hydrogens is 236 g/mol. The van der Waals surface area contributed by atoms with Crippen molar-refractivity contribution in [3.63, 3.8) is 0 Å². The minimum Gasteiger partial charge on any atom is -0.338 e. The van der Waals surface area contributed by atoms with E-state index in [1.807, 2.05) is 0 Å². The minimum absolute atomic E-state index is 0.210. The highest BCUT2D eigenvalue weighted by Gasteiger charge is 2.36. The van der Waals surface area contributed by atoms with Crippen LogP contribution in [-0.2, 0) is 4.79 Å². The Morgan fingerprint density at radius 2 is 1.84 bits per heavy atom. The molecule has 2 rings (SSSR count). The third-order valence-electron chi connectivity index (χ3n) is 4.82. The first-order valence-corrected chi connectivity index (χ1v) is 8.15. The van der Waals surface area contributed by atoms with Crippen LogP contribution >= 0.6 is 0 Å². The van der Waals surface area contributed by atoms with E-state index in [1.54, 1.807) is 0 Å². The fraction of sp³-hybridized carbons (Fsp3) is 0.938. The lowest BCUT2D eigenvalue weighted by atomic mass is 9.83. The molecule has 1 aliphatic carbocycles. The maximum Gasteiger partial charge on any atom is 0.239 e. The molecule has 3 nitrogen and oxygen atoms in total. The lowest BCUT2D eigenvalue weighted by molar-refractivity contribution is -0.135. The molecule has 1 amide bonds. The first kappa shape index (κ1) is 14.8. The number of amides is 1. The molecule has 0 bridgehead atoms. The number of carbonyl (C=O) groups excluding carboxylic acids is 1. The van der Waals surface area contributed by atoms with Crippen LogP contribution in [0.4, 0.5) is 0 Å². The van der Waals surface area contributed by atoms with Crippen LogP contribution in [0.1, 0.15) is 65.2 Å². The van der Waals surface area contributed by atoms with Crippen molar-refractivity contribution < 1.29 is 4.79 Å². The highest BCUT2D eigenvalue weighted by molar-refractivity contribution is 5.82. The highest BCUT2D eigenvalue weighted by Crippen LogP contribution is 2.34. The van der Waals surface area contributed by atoms with Crippen molar-refractivity contribution in [2.75, 3.05) is 6.54 Å². The Hall–Kier alpha value is -0.570. The van der Waals surface area contributed by atoms with Crippen LogP contribution in [-0.4, -0.2) is 29.4 Å². The topological polar surface area (TPSA) is 46.3 Å². The van der Waals surface area contributed by atoms with E-state index in [0.717, 1.165) is 18.9 Å². The average Bonchev–Trinajstić information content (AvgIpc) is 2.87. The number of rotatable bonds is 4. The molecule has 0 radical (unpaired) electrons. The van der Waals surface area contributed by atoms with Crippen LogP contribution in [0, 0.1) is 11.8 Å². The predicted octanol–water partition coefficient (Wildman–Crippen LogP) is 2.93. The molecule has 0 aromatic rings. The van der Waals surface area contributed by atoms with E-state index in [1.165, 1.54) is 44.9 Å². The molecule has 1 saturated heterocycles. The normalized spacial score (nSPS) is 26.9. The first-order valence-electron chi connectivity index (χ1n) is 8.15. The van der Waals surface area contributed by atoms with Crippen LogP contribution in [0.15, 0.2) is 0 Å². The van der Waals surface area contributed by atoms with Crippen LogP contribution in [0.5, 0.6) is 0 Å². The van der Waals surface area contributed by atoms with Crippen LogP contribution in [0.3, 0.4) is 0 Å². The van der Waals surface area contributed by atoms with Gasteiger partial charge in [0, 0.05) is 12.6 Å². The van der Waals surface area contributed by atoms with Crippen molar-refractivity contribution in [2.45, 2.75) is 77.3 Å². The molecule has 3 heteroatoms. The molecule has 1 unspecified atom stereocenters. The van der Waals surface area contributed by atoms with Crippen LogP contribution in [0.25, 0.3) is 0 Å². The monoisotopic (exact) mass is 266 g/mol. The summed E-state index contributed by atoms with van der Waals surface area (Å²) in [5.41, 5.74) is 6.10. The number of nitrogens with two attached hydrogens (primary N) is 1. The van der Waals surface area contributed by atoms with E-state index >= 15 is 0 Å². The van der Waals surface area contributed by atoms with Crippen LogP contribution < -0.4 is 5.73 Å². The van der Waals surface area contributed by atoms with Gasteiger partial charge in [0.25, 0.3) is 0 Å². The second-order valence-electron chi connectivity index (χ2n) is 6.88. The van der Waals surface area contributed by atoms with Crippen molar-refractivity contribution in [1.82, 2.24) is 4.90 Å². The minimum atomic E-state index is -0.288. The quantitative estimate of drug-likeness (QED) is 0.850. The van der Waals surface area contributed by atoms with Crippen molar-refractivity contribution in [3.8, 4) is 0 Å². The maximum atomic E-state index is 12.5. The number of likely N-dealkylation sites (tertiary alicyclic amines) is 1. The standard InChI is InChI=1S/C16H30N2O/c1-12(2)11-14(17)16(19)18-10-6-9-15(18)13-7-4-3-5-8-13/h12-15H,3-11,17H2,1-2H3/t14-,15?/m0/s1. The Morgan fingerprint density at radius 1 is 1.16 bits per heavy atom. The van der Waals surface area contributed by atoms with Crippen LogP contribution in [0.2, 0.25) is 0 Å². The van der Waals surface area contributed by atoms with Gasteiger partial charge >= 0.3 is 0 Å². The summed E-state index contributed by atoms with van der Waals surface area (Å²) < 4.78 is 0. The van der Waals surface area contributed by atoms with Gasteiger partial charge in [0.05, 0.1) is 6.04 Å². The molecule has 0 aromatic heterocycles. The molecule has 110 valence electrons. The first-order chi connectivity index (χ1) is 9.09. The molecule has 2 aliphatic rings. The van der Waals surface area contributed by atoms with Gasteiger partial charge in [0.1, 0.15) is 0 Å². The molecule has 1 saturated carbocycles. The SMILES string of the molecule is CC(C)C[C@H](N)C(=O)N1CCCC1C1CCCCC1. The maximum absolute atomic E-state index is 12.5. The molecular formula is C16H30N2O. The molecule has 1 aliphatic heterocycles. The Morgan fingerprint density at radius 3 is 2.47 bits per heavy atom. The zero-order chi connectivity index (χ0) is 13.8. The third-order valence-corrected chi connectivity index (χ3v) is 4.82. The highest BCUT2D eigenvalue weighted by atomic mass is 16.2. The third kappa shape index (κ3) is 3.71. The van der Waals surface area contributed by atoms with Gasteiger partial charge < -0.3 is 10.6 Å². The van der Waals surface area contributed by atoms with Crippen molar-refractivity contribution in [3.05, 3.63) is 0 Å². The second-order valence-corrected chi connectivity index (χ2v) is 6.88. The lowest BCUT2D eigenvalue weighted by Crippen LogP contribution is -2.48. The van der Waals surface area contributed by atoms with E-state index in [2.05, 4.69) is 18.7 Å². The van der Waals surface area contributed by atoms with Gasteiger partial charge in [0.15, 0.2) is 0 Å². The Bertz CT molecular complexity index is 297. The Balaban J connectivity index is 1.95. The summed E-state index contributed by atoms with van der Waals surface area (Å²) in [6.45, 7) is 5.21. The van der Waals surface area contributed by atoms with Crippen molar-refractivity contribution in [2.24, 2.45) is 17.6 Å². The van der Waals surface area contributed by atoms with E-state index in [-0.39, 0.29) is 11.9 Å². The fourth-order valence-electron chi connectivity index (χ4n) is 3.90. The summed E-state index contributed by atoms with van der Waals surface area (Å²) in [5.74, 6) is 1.45. The number of carbonyl (C=O) groups is 1. The van der Waals surface area contributed by atoms with Gasteiger partial charge in [-0.3, -0.25) is 4.79 Å². The average molecular weight is 266 g/mol. The summed E-state index contributed by atoms with van der Waals surface area (Å²) in [7, 11) is 0. The molecule has 0 aromatic carbocycles. The van der Waals surface area contributed by atoms with Gasteiger partial charge in [0.2, 0.25) is 5.91 Å². The Kier molecular flexibility index (Phi) is 5.26. The summed E-state index contributed by atoms with van der Waals surface area (Å²) in [6.07, 6.45) is 9.88. The van der Waals surface area contributed by atoms with Gasteiger partial charge in [-0.2, -0.15) is 0 Å².